The molecule has 1 atom stereocenters. The lowest BCUT2D eigenvalue weighted by molar-refractivity contribution is -0.146. The van der Waals surface area contributed by atoms with E-state index in [1.165, 1.54) is 0 Å². The number of β-amino-alcohol motifs (C(OH)–C–C–N with tert-alkyl or cyclic N) is 1. The van der Waals surface area contributed by atoms with Gasteiger partial charge in [0.25, 0.3) is 0 Å². The Balaban J connectivity index is 2.27. The topological polar surface area (TPSA) is 60.8 Å². The number of carboxylic acids is 1. The van der Waals surface area contributed by atoms with Gasteiger partial charge in [-0.05, 0) is 19.8 Å². The molecule has 82 valence electrons. The summed E-state index contributed by atoms with van der Waals surface area (Å²) in [5, 5.41) is 18.3. The van der Waals surface area contributed by atoms with Gasteiger partial charge in [0, 0.05) is 19.6 Å². The highest BCUT2D eigenvalue weighted by Gasteiger charge is 2.36. The van der Waals surface area contributed by atoms with E-state index in [1.807, 2.05) is 0 Å². The van der Waals surface area contributed by atoms with Crippen molar-refractivity contribution in [1.82, 2.24) is 4.90 Å². The Labute approximate surface area is 84.5 Å². The van der Waals surface area contributed by atoms with Gasteiger partial charge in [-0.1, -0.05) is 6.92 Å². The molecule has 0 aromatic rings. The molecule has 0 radical (unpaired) electrons. The number of rotatable bonds is 4. The lowest BCUT2D eigenvalue weighted by Crippen LogP contribution is -2.54. The summed E-state index contributed by atoms with van der Waals surface area (Å²) < 4.78 is 0. The van der Waals surface area contributed by atoms with Gasteiger partial charge in [0.05, 0.1) is 11.5 Å². The molecule has 0 spiro atoms. The standard InChI is InChI=1S/C10H19NO3/c1-7(9(12)13)8-4-11(5-8)6-10(2,3)14/h7-8,14H,4-6H2,1-3H3,(H,12,13). The van der Waals surface area contributed by atoms with Crippen LogP contribution in [0, 0.1) is 11.8 Å². The zero-order valence-electron chi connectivity index (χ0n) is 9.03. The second kappa shape index (κ2) is 3.87. The lowest BCUT2D eigenvalue weighted by Gasteiger charge is -2.43. The molecule has 1 heterocycles. The molecular formula is C10H19NO3. The molecule has 0 bridgehead atoms. The number of aliphatic hydroxyl groups is 1. The van der Waals surface area contributed by atoms with Crippen LogP contribution in [0.15, 0.2) is 0 Å². The van der Waals surface area contributed by atoms with Crippen LogP contribution in [0.2, 0.25) is 0 Å². The fourth-order valence-corrected chi connectivity index (χ4v) is 1.80. The molecule has 0 aromatic carbocycles. The lowest BCUT2D eigenvalue weighted by atomic mass is 9.86. The Morgan fingerprint density at radius 3 is 2.43 bits per heavy atom. The second-order valence-corrected chi connectivity index (χ2v) is 4.89. The number of carboxylic acid groups (broad SMARTS) is 1. The average molecular weight is 201 g/mol. The Hall–Kier alpha value is -0.610. The summed E-state index contributed by atoms with van der Waals surface area (Å²) in [6.45, 7) is 7.47. The molecule has 2 N–H and O–H groups in total. The van der Waals surface area contributed by atoms with Gasteiger partial charge in [-0.25, -0.2) is 0 Å². The summed E-state index contributed by atoms with van der Waals surface area (Å²) in [5.41, 5.74) is -0.683. The molecule has 0 aromatic heterocycles. The van der Waals surface area contributed by atoms with E-state index in [9.17, 15) is 9.90 Å². The van der Waals surface area contributed by atoms with E-state index in [1.54, 1.807) is 20.8 Å². The van der Waals surface area contributed by atoms with E-state index in [0.717, 1.165) is 13.1 Å². The van der Waals surface area contributed by atoms with E-state index in [-0.39, 0.29) is 11.8 Å². The summed E-state index contributed by atoms with van der Waals surface area (Å²) in [4.78, 5) is 12.7. The quantitative estimate of drug-likeness (QED) is 0.691. The maximum Gasteiger partial charge on any atom is 0.306 e. The molecule has 1 aliphatic rings. The first-order chi connectivity index (χ1) is 6.29. The van der Waals surface area contributed by atoms with Crippen molar-refractivity contribution in [3.05, 3.63) is 0 Å². The minimum Gasteiger partial charge on any atom is -0.481 e. The van der Waals surface area contributed by atoms with Gasteiger partial charge in [0.1, 0.15) is 0 Å². The molecular weight excluding hydrogens is 182 g/mol. The van der Waals surface area contributed by atoms with Crippen molar-refractivity contribution < 1.29 is 15.0 Å². The summed E-state index contributed by atoms with van der Waals surface area (Å²) in [5.74, 6) is -0.749. The van der Waals surface area contributed by atoms with E-state index < -0.39 is 11.6 Å². The Kier molecular flexibility index (Phi) is 3.17. The first-order valence-corrected chi connectivity index (χ1v) is 4.97. The van der Waals surface area contributed by atoms with Crippen LogP contribution in [-0.4, -0.2) is 46.3 Å². The number of hydrogen-bond donors (Lipinski definition) is 2. The number of aliphatic carboxylic acids is 1. The van der Waals surface area contributed by atoms with Crippen molar-refractivity contribution in [1.29, 1.82) is 0 Å². The summed E-state index contributed by atoms with van der Waals surface area (Å²) >= 11 is 0. The first-order valence-electron chi connectivity index (χ1n) is 4.97. The van der Waals surface area contributed by atoms with Crippen molar-refractivity contribution in [3.8, 4) is 0 Å². The van der Waals surface area contributed by atoms with Crippen LogP contribution in [0.3, 0.4) is 0 Å². The average Bonchev–Trinajstić information content (AvgIpc) is 1.92. The van der Waals surface area contributed by atoms with Gasteiger partial charge in [0.15, 0.2) is 0 Å². The Morgan fingerprint density at radius 2 is 2.07 bits per heavy atom. The minimum atomic E-state index is -0.724. The molecule has 1 aliphatic heterocycles. The molecule has 14 heavy (non-hydrogen) atoms. The van der Waals surface area contributed by atoms with Gasteiger partial charge in [0.2, 0.25) is 0 Å². The van der Waals surface area contributed by atoms with E-state index in [0.29, 0.717) is 6.54 Å². The maximum absolute atomic E-state index is 10.7. The molecule has 4 nitrogen and oxygen atoms in total. The van der Waals surface area contributed by atoms with Crippen LogP contribution in [0.1, 0.15) is 20.8 Å². The summed E-state index contributed by atoms with van der Waals surface area (Å²) in [6.07, 6.45) is 0. The van der Waals surface area contributed by atoms with Gasteiger partial charge < -0.3 is 10.2 Å². The van der Waals surface area contributed by atoms with Crippen LogP contribution in [-0.2, 0) is 4.79 Å². The molecule has 0 amide bonds. The van der Waals surface area contributed by atoms with Crippen molar-refractivity contribution in [2.24, 2.45) is 11.8 Å². The Bertz CT molecular complexity index is 216. The predicted octanol–water partition coefficient (Wildman–Crippen LogP) is 0.410. The van der Waals surface area contributed by atoms with Crippen molar-refractivity contribution in [2.45, 2.75) is 26.4 Å². The number of nitrogens with zero attached hydrogens (tertiary/aromatic N) is 1. The molecule has 1 rings (SSSR count). The summed E-state index contributed by atoms with van der Waals surface area (Å²) in [6, 6.07) is 0. The van der Waals surface area contributed by atoms with E-state index in [2.05, 4.69) is 4.90 Å². The van der Waals surface area contributed by atoms with Crippen LogP contribution in [0.25, 0.3) is 0 Å². The third-order valence-corrected chi connectivity index (χ3v) is 2.69. The molecule has 1 fully saturated rings. The third-order valence-electron chi connectivity index (χ3n) is 2.69. The number of hydrogen-bond acceptors (Lipinski definition) is 3. The highest BCUT2D eigenvalue weighted by Crippen LogP contribution is 2.25. The van der Waals surface area contributed by atoms with Crippen molar-refractivity contribution >= 4 is 5.97 Å². The van der Waals surface area contributed by atoms with Gasteiger partial charge in [-0.3, -0.25) is 9.69 Å². The Morgan fingerprint density at radius 1 is 1.57 bits per heavy atom. The summed E-state index contributed by atoms with van der Waals surface area (Å²) in [7, 11) is 0. The largest absolute Gasteiger partial charge is 0.481 e. The van der Waals surface area contributed by atoms with Crippen LogP contribution in [0.4, 0.5) is 0 Å². The van der Waals surface area contributed by atoms with Gasteiger partial charge in [-0.2, -0.15) is 0 Å². The molecule has 4 heteroatoms. The minimum absolute atomic E-state index is 0.245. The zero-order chi connectivity index (χ0) is 10.9. The number of likely N-dealkylation sites (tertiary alicyclic amines) is 1. The molecule has 1 saturated heterocycles. The number of carbonyl (C=O) groups is 1. The first kappa shape index (κ1) is 11.5. The van der Waals surface area contributed by atoms with Gasteiger partial charge >= 0.3 is 5.97 Å². The third kappa shape index (κ3) is 2.96. The highest BCUT2D eigenvalue weighted by atomic mass is 16.4. The smallest absolute Gasteiger partial charge is 0.306 e. The van der Waals surface area contributed by atoms with Crippen LogP contribution in [0.5, 0.6) is 0 Å². The molecule has 0 saturated carbocycles. The highest BCUT2D eigenvalue weighted by molar-refractivity contribution is 5.70. The van der Waals surface area contributed by atoms with Crippen molar-refractivity contribution in [3.63, 3.8) is 0 Å². The van der Waals surface area contributed by atoms with Gasteiger partial charge in [-0.15, -0.1) is 0 Å². The van der Waals surface area contributed by atoms with E-state index >= 15 is 0 Å². The van der Waals surface area contributed by atoms with E-state index in [4.69, 9.17) is 5.11 Å². The zero-order valence-corrected chi connectivity index (χ0v) is 9.03. The molecule has 0 aliphatic carbocycles. The normalized spacial score (nSPS) is 21.7. The SMILES string of the molecule is CC(C(=O)O)C1CN(CC(C)(C)O)C1. The maximum atomic E-state index is 10.7. The van der Waals surface area contributed by atoms with Crippen molar-refractivity contribution in [2.75, 3.05) is 19.6 Å². The fraction of sp³-hybridized carbons (Fsp3) is 0.900. The predicted molar refractivity (Wildman–Crippen MR) is 53.0 cm³/mol. The monoisotopic (exact) mass is 201 g/mol. The van der Waals surface area contributed by atoms with Crippen LogP contribution >= 0.6 is 0 Å². The fourth-order valence-electron chi connectivity index (χ4n) is 1.80. The molecule has 1 unspecified atom stereocenters. The second-order valence-electron chi connectivity index (χ2n) is 4.89. The van der Waals surface area contributed by atoms with Crippen LogP contribution < -0.4 is 0 Å².